The van der Waals surface area contributed by atoms with E-state index in [2.05, 4.69) is 76.3 Å². The van der Waals surface area contributed by atoms with Crippen molar-refractivity contribution < 1.29 is 32.5 Å². The Morgan fingerprint density at radius 1 is 0.486 bits per heavy atom. The van der Waals surface area contributed by atoms with E-state index in [0.29, 0.717) is 11.5 Å². The van der Waals surface area contributed by atoms with Gasteiger partial charge in [-0.25, -0.2) is 0 Å². The maximum absolute atomic E-state index is 16.1. The first kappa shape index (κ1) is 50.8. The van der Waals surface area contributed by atoms with Crippen LogP contribution in [-0.4, -0.2) is 42.7 Å². The van der Waals surface area contributed by atoms with Crippen LogP contribution >= 0.6 is 14.3 Å². The van der Waals surface area contributed by atoms with Crippen LogP contribution in [0.4, 0.5) is 0 Å². The zero-order valence-electron chi connectivity index (χ0n) is 41.7. The monoisotopic (exact) mass is 988 g/mol. The summed E-state index contributed by atoms with van der Waals surface area (Å²) < 4.78 is 63.8. The quantitative estimate of drug-likeness (QED) is 0.0307. The lowest BCUT2D eigenvalue weighted by Gasteiger charge is -2.36. The fourth-order valence-electron chi connectivity index (χ4n) is 9.13. The maximum Gasteiger partial charge on any atom is 0.191 e. The van der Waals surface area contributed by atoms with Gasteiger partial charge in [-0.2, -0.15) is 0 Å². The van der Waals surface area contributed by atoms with Gasteiger partial charge in [0, 0.05) is 76.6 Å². The van der Waals surface area contributed by atoms with Crippen LogP contribution in [0.5, 0.6) is 11.5 Å². The third-order valence-electron chi connectivity index (χ3n) is 13.8. The molecule has 70 heavy (non-hydrogen) atoms. The van der Waals surface area contributed by atoms with Crippen LogP contribution in [0.1, 0.15) is 50.3 Å². The fourth-order valence-corrected chi connectivity index (χ4v) is 15.6. The van der Waals surface area contributed by atoms with Gasteiger partial charge in [-0.3, -0.25) is 0 Å². The zero-order valence-corrected chi connectivity index (χ0v) is 44.4. The second-order valence-corrected chi connectivity index (χ2v) is 30.0. The minimum Gasteiger partial charge on any atom is -0.467 e. The number of unbranched alkanes of at least 4 members (excludes halogenated alkanes) is 1. The summed E-state index contributed by atoms with van der Waals surface area (Å²) in [5.41, 5.74) is 4.25. The van der Waals surface area contributed by atoms with Crippen LogP contribution in [0.25, 0.3) is 32.7 Å². The second-order valence-electron chi connectivity index (χ2n) is 19.6. The van der Waals surface area contributed by atoms with Crippen molar-refractivity contribution in [3.63, 3.8) is 0 Å². The molecule has 0 bridgehead atoms. The minimum atomic E-state index is -3.36. The minimum absolute atomic E-state index is 0.0638. The number of benzene rings is 8. The molecule has 0 amide bonds. The molecule has 0 radical (unpaired) electrons. The Labute approximate surface area is 416 Å². The number of aryl methyl sites for hydroxylation is 1. The third-order valence-corrected chi connectivity index (χ3v) is 24.5. The lowest BCUT2D eigenvalue weighted by atomic mass is 9.88. The van der Waals surface area contributed by atoms with E-state index < -0.39 is 22.6 Å². The summed E-state index contributed by atoms with van der Waals surface area (Å²) in [5, 5.41) is 6.91. The molecule has 0 N–H and O–H groups in total. The van der Waals surface area contributed by atoms with Gasteiger partial charge in [-0.1, -0.05) is 185 Å². The van der Waals surface area contributed by atoms with Gasteiger partial charge in [0.25, 0.3) is 0 Å². The normalized spacial score (nSPS) is 12.4. The number of hydrogen-bond acceptors (Lipinski definition) is 7. The van der Waals surface area contributed by atoms with Crippen LogP contribution in [0, 0.1) is 0 Å². The molecule has 0 aliphatic carbocycles. The molecule has 8 rings (SSSR count). The molecule has 8 aromatic rings. The third kappa shape index (κ3) is 11.0. The Morgan fingerprint density at radius 3 is 1.34 bits per heavy atom. The van der Waals surface area contributed by atoms with Gasteiger partial charge in [0.2, 0.25) is 0 Å². The van der Waals surface area contributed by atoms with E-state index in [1.54, 1.807) is 14.2 Å². The molecular formula is C60H66O7P2Si. The zero-order chi connectivity index (χ0) is 49.4. The summed E-state index contributed by atoms with van der Waals surface area (Å²) in [6.07, 6.45) is 3.13. The van der Waals surface area contributed by atoms with E-state index >= 15 is 9.13 Å². The van der Waals surface area contributed by atoms with Crippen molar-refractivity contribution in [2.24, 2.45) is 0 Å². The molecule has 0 heterocycles. The van der Waals surface area contributed by atoms with Crippen LogP contribution in [0.15, 0.2) is 176 Å². The second kappa shape index (κ2) is 22.2. The van der Waals surface area contributed by atoms with E-state index in [1.807, 2.05) is 133 Å². The van der Waals surface area contributed by atoms with E-state index in [4.69, 9.17) is 23.4 Å². The van der Waals surface area contributed by atoms with Crippen LogP contribution in [0.2, 0.25) is 18.1 Å². The molecule has 0 aromatic heterocycles. The molecule has 0 aliphatic heterocycles. The van der Waals surface area contributed by atoms with Gasteiger partial charge >= 0.3 is 0 Å². The molecule has 362 valence electrons. The number of rotatable bonds is 21. The van der Waals surface area contributed by atoms with E-state index in [-0.39, 0.29) is 30.9 Å². The van der Waals surface area contributed by atoms with Gasteiger partial charge in [0.15, 0.2) is 21.9 Å². The summed E-state index contributed by atoms with van der Waals surface area (Å²) in [6.45, 7) is 12.1. The molecule has 0 saturated carbocycles. The average molecular weight is 989 g/mol. The molecule has 7 nitrogen and oxygen atoms in total. The van der Waals surface area contributed by atoms with Crippen molar-refractivity contribution >= 4 is 65.4 Å². The Hall–Kier alpha value is -5.56. The standard InChI is InChI=1S/C60H66O7P2Si/c1-60(2,3)70(6,7)67-37-23-22-24-45-35-36-55-47(38-45)40-49(42-69(62,52-30-16-10-17-31-52)53-32-18-11-19-33-53)59(66-44-64-5)57(55)56-54-34-21-20-25-46(54)39-48(58(56)65-43-63-4)41-68(61,50-26-12-8-13-27-50)51-28-14-9-15-29-51/h8-21,25-36,38-40H,22-24,37,41-44H2,1-7H3. The molecule has 0 saturated heterocycles. The van der Waals surface area contributed by atoms with E-state index in [1.165, 1.54) is 5.56 Å². The predicted molar refractivity (Wildman–Crippen MR) is 295 cm³/mol. The number of hydrogen-bond donors (Lipinski definition) is 0. The molecule has 0 aliphatic rings. The van der Waals surface area contributed by atoms with Gasteiger partial charge in [-0.05, 0) is 76.6 Å². The van der Waals surface area contributed by atoms with Crippen molar-refractivity contribution in [3.05, 3.63) is 193 Å². The Kier molecular flexibility index (Phi) is 16.1. The van der Waals surface area contributed by atoms with Crippen molar-refractivity contribution in [3.8, 4) is 22.6 Å². The highest BCUT2D eigenvalue weighted by molar-refractivity contribution is 7.78. The number of fused-ring (bicyclic) bond motifs is 2. The molecule has 0 spiro atoms. The summed E-state index contributed by atoms with van der Waals surface area (Å²) in [7, 11) is -5.34. The largest absolute Gasteiger partial charge is 0.467 e. The summed E-state index contributed by atoms with van der Waals surface area (Å²) >= 11 is 0. The van der Waals surface area contributed by atoms with Crippen molar-refractivity contribution in [1.82, 2.24) is 0 Å². The maximum atomic E-state index is 16.1. The SMILES string of the molecule is COCOc1c(CP(=O)(c2ccccc2)c2ccccc2)cc2ccccc2c1-c1c(OCOC)c(CP(=O)(c2ccccc2)c2ccccc2)cc2cc(CCCCO[Si](C)(C)C(C)(C)C)ccc12. The van der Waals surface area contributed by atoms with Gasteiger partial charge in [0.1, 0.15) is 25.8 Å². The van der Waals surface area contributed by atoms with Crippen LogP contribution in [-0.2, 0) is 41.8 Å². The van der Waals surface area contributed by atoms with Crippen LogP contribution in [0.3, 0.4) is 0 Å². The summed E-state index contributed by atoms with van der Waals surface area (Å²) in [4.78, 5) is 0. The number of ether oxygens (including phenoxy) is 4. The molecular weight excluding hydrogens is 923 g/mol. The van der Waals surface area contributed by atoms with Crippen molar-refractivity contribution in [1.29, 1.82) is 0 Å². The number of methoxy groups -OCH3 is 2. The molecule has 0 unspecified atom stereocenters. The molecule has 10 heteroatoms. The Balaban J connectivity index is 1.39. The highest BCUT2D eigenvalue weighted by Gasteiger charge is 2.37. The summed E-state index contributed by atoms with van der Waals surface area (Å²) in [5.74, 6) is 1.07. The fraction of sp³-hybridized carbons (Fsp3) is 0.267. The van der Waals surface area contributed by atoms with Crippen LogP contribution < -0.4 is 30.7 Å². The topological polar surface area (TPSA) is 80.3 Å². The Bertz CT molecular complexity index is 3030. The van der Waals surface area contributed by atoms with Crippen molar-refractivity contribution in [2.45, 2.75) is 70.5 Å². The molecule has 8 aromatic carbocycles. The summed E-state index contributed by atoms with van der Waals surface area (Å²) in [6, 6.07) is 58.2. The first-order chi connectivity index (χ1) is 33.8. The lowest BCUT2D eigenvalue weighted by Crippen LogP contribution is -2.40. The highest BCUT2D eigenvalue weighted by Crippen LogP contribution is 2.56. The van der Waals surface area contributed by atoms with Gasteiger partial charge < -0.3 is 32.5 Å². The lowest BCUT2D eigenvalue weighted by molar-refractivity contribution is 0.0496. The highest BCUT2D eigenvalue weighted by atomic mass is 31.2. The van der Waals surface area contributed by atoms with Crippen molar-refractivity contribution in [2.75, 3.05) is 34.4 Å². The average Bonchev–Trinajstić information content (AvgIpc) is 3.37. The smallest absolute Gasteiger partial charge is 0.191 e. The molecule has 0 atom stereocenters. The first-order valence-corrected chi connectivity index (χ1v) is 30.9. The molecule has 0 fully saturated rings. The Morgan fingerprint density at radius 2 is 0.900 bits per heavy atom. The van der Waals surface area contributed by atoms with Gasteiger partial charge in [0.05, 0.1) is 0 Å². The van der Waals surface area contributed by atoms with E-state index in [9.17, 15) is 0 Å². The van der Waals surface area contributed by atoms with Gasteiger partial charge in [-0.15, -0.1) is 0 Å². The van der Waals surface area contributed by atoms with E-state index in [0.717, 1.165) is 90.9 Å². The predicted octanol–water partition coefficient (Wildman–Crippen LogP) is 14.0. The first-order valence-electron chi connectivity index (χ1n) is 24.2.